The van der Waals surface area contributed by atoms with E-state index in [1.807, 2.05) is 25.4 Å². The molecule has 172 valence electrons. The molecule has 0 radical (unpaired) electrons. The van der Waals surface area contributed by atoms with Gasteiger partial charge >= 0.3 is 0 Å². The van der Waals surface area contributed by atoms with Gasteiger partial charge in [0.05, 0.1) is 12.2 Å². The summed E-state index contributed by atoms with van der Waals surface area (Å²) in [7, 11) is 0. The van der Waals surface area contributed by atoms with Crippen LogP contribution in [0.25, 0.3) is 5.70 Å². The van der Waals surface area contributed by atoms with E-state index in [-0.39, 0.29) is 17.2 Å². The molecule has 0 amide bonds. The minimum atomic E-state index is -0.589. The molecule has 32 heavy (non-hydrogen) atoms. The van der Waals surface area contributed by atoms with Crippen LogP contribution in [-0.4, -0.2) is 36.2 Å². The molecular weight excluding hydrogens is 410 g/mol. The van der Waals surface area contributed by atoms with Gasteiger partial charge < -0.3 is 15.0 Å². The predicted molar refractivity (Wildman–Crippen MR) is 123 cm³/mol. The van der Waals surface area contributed by atoms with E-state index in [0.29, 0.717) is 24.8 Å². The van der Waals surface area contributed by atoms with Crippen molar-refractivity contribution in [3.8, 4) is 5.75 Å². The first-order valence-electron chi connectivity index (χ1n) is 11.7. The Hall–Kier alpha value is -2.70. The van der Waals surface area contributed by atoms with Crippen molar-refractivity contribution in [2.45, 2.75) is 46.0 Å². The summed E-state index contributed by atoms with van der Waals surface area (Å²) in [5.41, 5.74) is 1.68. The molecule has 1 aromatic heterocycles. The smallest absolute Gasteiger partial charge is 0.225 e. The number of piperidine rings is 1. The molecule has 4 rings (SSSR count). The van der Waals surface area contributed by atoms with Gasteiger partial charge in [0.1, 0.15) is 17.4 Å². The Balaban J connectivity index is 1.21. The number of hydrogen-bond acceptors (Lipinski definition) is 5. The van der Waals surface area contributed by atoms with Crippen molar-refractivity contribution in [3.05, 3.63) is 53.4 Å². The Morgan fingerprint density at radius 3 is 2.41 bits per heavy atom. The Morgan fingerprint density at radius 2 is 1.81 bits per heavy atom. The van der Waals surface area contributed by atoms with Crippen LogP contribution < -0.4 is 15.0 Å². The van der Waals surface area contributed by atoms with Crippen LogP contribution in [-0.2, 0) is 6.42 Å². The number of aryl methyl sites for hydroxylation is 1. The van der Waals surface area contributed by atoms with Gasteiger partial charge in [0, 0.05) is 49.9 Å². The number of anilines is 1. The van der Waals surface area contributed by atoms with E-state index >= 15 is 0 Å². The number of aromatic nitrogens is 2. The van der Waals surface area contributed by atoms with Gasteiger partial charge in [0.25, 0.3) is 0 Å². The van der Waals surface area contributed by atoms with Crippen molar-refractivity contribution < 1.29 is 13.5 Å². The monoisotopic (exact) mass is 442 g/mol. The average molecular weight is 443 g/mol. The topological polar surface area (TPSA) is 50.3 Å². The standard InChI is InChI=1S/C25H32F2N4O/c1-3-18-15-29-25(30-16-18)31-8-6-19(7-9-31)5-4-10-32-20-12-21(26)24(22(27)13-20)23-11-17(2)14-28-23/h11-13,15-17,19,28H,3-10,14H2,1-2H3/t17-/m1/s1. The lowest BCUT2D eigenvalue weighted by Gasteiger charge is -2.32. The largest absolute Gasteiger partial charge is 0.493 e. The lowest BCUT2D eigenvalue weighted by molar-refractivity contribution is 0.277. The Kier molecular flexibility index (Phi) is 7.22. The molecule has 0 bridgehead atoms. The molecule has 1 fully saturated rings. The maximum atomic E-state index is 14.5. The SMILES string of the molecule is CCc1cnc(N2CCC(CCCOc3cc(F)c(C4=C[C@@H](C)CN4)c(F)c3)CC2)nc1. The van der Waals surface area contributed by atoms with Crippen molar-refractivity contribution in [3.63, 3.8) is 0 Å². The molecule has 0 spiro atoms. The predicted octanol–water partition coefficient (Wildman–Crippen LogP) is 4.97. The fourth-order valence-electron chi connectivity index (χ4n) is 4.41. The molecule has 3 heterocycles. The highest BCUT2D eigenvalue weighted by atomic mass is 19.1. The zero-order valence-corrected chi connectivity index (χ0v) is 18.9. The van der Waals surface area contributed by atoms with Gasteiger partial charge in [-0.1, -0.05) is 19.9 Å². The van der Waals surface area contributed by atoms with E-state index in [4.69, 9.17) is 4.74 Å². The van der Waals surface area contributed by atoms with E-state index < -0.39 is 11.6 Å². The minimum Gasteiger partial charge on any atom is -0.493 e. The minimum absolute atomic E-state index is 0.00164. The van der Waals surface area contributed by atoms with Crippen molar-refractivity contribution >= 4 is 11.6 Å². The fourth-order valence-corrected chi connectivity index (χ4v) is 4.41. The van der Waals surface area contributed by atoms with E-state index in [0.717, 1.165) is 56.7 Å². The molecule has 1 saturated heterocycles. The van der Waals surface area contributed by atoms with Crippen molar-refractivity contribution in [2.24, 2.45) is 11.8 Å². The molecule has 1 N–H and O–H groups in total. The van der Waals surface area contributed by atoms with Crippen LogP contribution in [0.1, 0.15) is 50.7 Å². The van der Waals surface area contributed by atoms with Crippen LogP contribution in [0.15, 0.2) is 30.6 Å². The highest BCUT2D eigenvalue weighted by Crippen LogP contribution is 2.29. The summed E-state index contributed by atoms with van der Waals surface area (Å²) in [6.07, 6.45) is 10.7. The van der Waals surface area contributed by atoms with E-state index in [2.05, 4.69) is 27.1 Å². The van der Waals surface area contributed by atoms with Crippen LogP contribution in [0, 0.1) is 23.5 Å². The first-order chi connectivity index (χ1) is 15.5. The lowest BCUT2D eigenvalue weighted by atomic mass is 9.92. The lowest BCUT2D eigenvalue weighted by Crippen LogP contribution is -2.35. The summed E-state index contributed by atoms with van der Waals surface area (Å²) in [4.78, 5) is 11.2. The normalized spacial score (nSPS) is 19.1. The summed E-state index contributed by atoms with van der Waals surface area (Å²) in [6.45, 7) is 7.17. The Labute approximate surface area is 188 Å². The van der Waals surface area contributed by atoms with Gasteiger partial charge in [-0.15, -0.1) is 0 Å². The molecule has 2 aliphatic rings. The maximum absolute atomic E-state index is 14.5. The van der Waals surface area contributed by atoms with Crippen LogP contribution in [0.3, 0.4) is 0 Å². The van der Waals surface area contributed by atoms with Gasteiger partial charge in [-0.05, 0) is 49.5 Å². The van der Waals surface area contributed by atoms with Crippen LogP contribution in [0.4, 0.5) is 14.7 Å². The van der Waals surface area contributed by atoms with Crippen LogP contribution >= 0.6 is 0 Å². The molecule has 1 atom stereocenters. The third kappa shape index (κ3) is 5.37. The number of benzene rings is 1. The number of nitrogens with zero attached hydrogens (tertiary/aromatic N) is 3. The van der Waals surface area contributed by atoms with E-state index in [1.165, 1.54) is 12.1 Å². The number of hydrogen-bond donors (Lipinski definition) is 1. The molecule has 5 nitrogen and oxygen atoms in total. The molecular formula is C25H32F2N4O. The quantitative estimate of drug-likeness (QED) is 0.585. The van der Waals surface area contributed by atoms with Gasteiger partial charge in [-0.2, -0.15) is 0 Å². The third-order valence-corrected chi connectivity index (χ3v) is 6.37. The summed E-state index contributed by atoms with van der Waals surface area (Å²) < 4.78 is 34.6. The molecule has 2 aliphatic heterocycles. The van der Waals surface area contributed by atoms with E-state index in [1.54, 1.807) is 0 Å². The molecule has 2 aromatic rings. The molecule has 1 aromatic carbocycles. The molecule has 0 saturated carbocycles. The summed E-state index contributed by atoms with van der Waals surface area (Å²) >= 11 is 0. The zero-order chi connectivity index (χ0) is 22.5. The maximum Gasteiger partial charge on any atom is 0.225 e. The van der Waals surface area contributed by atoms with Crippen LogP contribution in [0.2, 0.25) is 0 Å². The summed E-state index contributed by atoms with van der Waals surface area (Å²) in [5.74, 6) is 0.778. The highest BCUT2D eigenvalue weighted by Gasteiger charge is 2.22. The summed E-state index contributed by atoms with van der Waals surface area (Å²) in [6, 6.07) is 2.57. The van der Waals surface area contributed by atoms with Gasteiger partial charge in [0.2, 0.25) is 5.95 Å². The Bertz CT molecular complexity index is 916. The number of rotatable bonds is 8. The van der Waals surface area contributed by atoms with Crippen LogP contribution in [0.5, 0.6) is 5.75 Å². The second-order valence-corrected chi connectivity index (χ2v) is 8.87. The van der Waals surface area contributed by atoms with E-state index in [9.17, 15) is 8.78 Å². The second kappa shape index (κ2) is 10.3. The average Bonchev–Trinajstić information content (AvgIpc) is 3.22. The number of halogens is 2. The van der Waals surface area contributed by atoms with Crippen molar-refractivity contribution in [1.82, 2.24) is 15.3 Å². The third-order valence-electron chi connectivity index (χ3n) is 6.37. The van der Waals surface area contributed by atoms with Gasteiger partial charge in [0.15, 0.2) is 0 Å². The first-order valence-corrected chi connectivity index (χ1v) is 11.7. The van der Waals surface area contributed by atoms with Crippen molar-refractivity contribution in [2.75, 3.05) is 31.1 Å². The second-order valence-electron chi connectivity index (χ2n) is 8.87. The molecule has 0 unspecified atom stereocenters. The number of nitrogens with one attached hydrogen (secondary N) is 1. The zero-order valence-electron chi connectivity index (χ0n) is 18.9. The highest BCUT2D eigenvalue weighted by molar-refractivity contribution is 5.67. The van der Waals surface area contributed by atoms with Gasteiger partial charge in [-0.25, -0.2) is 18.7 Å². The molecule has 7 heteroatoms. The van der Waals surface area contributed by atoms with Crippen molar-refractivity contribution in [1.29, 1.82) is 0 Å². The first kappa shape index (κ1) is 22.5. The summed E-state index contributed by atoms with van der Waals surface area (Å²) in [5, 5.41) is 3.06. The fraction of sp³-hybridized carbons (Fsp3) is 0.520. The van der Waals surface area contributed by atoms with Gasteiger partial charge in [-0.3, -0.25) is 0 Å². The number of ether oxygens (including phenoxy) is 1. The molecule has 0 aliphatic carbocycles. The Morgan fingerprint density at radius 1 is 1.12 bits per heavy atom.